The van der Waals surface area contributed by atoms with E-state index in [9.17, 15) is 0 Å². The second-order valence-corrected chi connectivity index (χ2v) is 6.82. The van der Waals surface area contributed by atoms with Gasteiger partial charge < -0.3 is 10.1 Å². The van der Waals surface area contributed by atoms with Gasteiger partial charge in [0, 0.05) is 12.5 Å². The van der Waals surface area contributed by atoms with E-state index >= 15 is 0 Å². The van der Waals surface area contributed by atoms with Crippen molar-refractivity contribution in [2.24, 2.45) is 5.92 Å². The molecule has 116 valence electrons. The molecule has 1 saturated carbocycles. The van der Waals surface area contributed by atoms with Crippen LogP contribution in [-0.4, -0.2) is 18.7 Å². The highest BCUT2D eigenvalue weighted by Gasteiger charge is 2.27. The van der Waals surface area contributed by atoms with Crippen molar-refractivity contribution in [3.8, 4) is 5.75 Å². The van der Waals surface area contributed by atoms with Crippen LogP contribution >= 0.6 is 0 Å². The zero-order valence-corrected chi connectivity index (χ0v) is 13.3. The molecule has 1 aromatic carbocycles. The molecule has 1 N–H and O–H groups in total. The lowest BCUT2D eigenvalue weighted by atomic mass is 9.90. The SMILES string of the molecule is CCCNC1CCCCC(CC2Cc3ccccc3O2)C1. The molecular weight excluding hydrogens is 258 g/mol. The van der Waals surface area contributed by atoms with Gasteiger partial charge >= 0.3 is 0 Å². The van der Waals surface area contributed by atoms with Gasteiger partial charge in [-0.05, 0) is 49.8 Å². The van der Waals surface area contributed by atoms with Gasteiger partial charge in [-0.15, -0.1) is 0 Å². The minimum atomic E-state index is 0.414. The Morgan fingerprint density at radius 1 is 1.19 bits per heavy atom. The largest absolute Gasteiger partial charge is 0.490 e. The summed E-state index contributed by atoms with van der Waals surface area (Å²) >= 11 is 0. The minimum absolute atomic E-state index is 0.414. The predicted molar refractivity (Wildman–Crippen MR) is 87.8 cm³/mol. The summed E-state index contributed by atoms with van der Waals surface area (Å²) in [6.45, 7) is 3.42. The number of hydrogen-bond acceptors (Lipinski definition) is 2. The normalized spacial score (nSPS) is 28.7. The molecule has 1 aliphatic heterocycles. The number of para-hydroxylation sites is 1. The van der Waals surface area contributed by atoms with Crippen LogP contribution in [0, 0.1) is 5.92 Å². The molecule has 1 aliphatic carbocycles. The van der Waals surface area contributed by atoms with Crippen LogP contribution in [0.3, 0.4) is 0 Å². The van der Waals surface area contributed by atoms with E-state index in [1.54, 1.807) is 0 Å². The van der Waals surface area contributed by atoms with Crippen molar-refractivity contribution < 1.29 is 4.74 Å². The molecule has 3 rings (SSSR count). The molecule has 0 aromatic heterocycles. The van der Waals surface area contributed by atoms with Crippen molar-refractivity contribution >= 4 is 0 Å². The number of rotatable bonds is 5. The van der Waals surface area contributed by atoms with E-state index in [0.29, 0.717) is 6.10 Å². The smallest absolute Gasteiger partial charge is 0.123 e. The van der Waals surface area contributed by atoms with E-state index in [2.05, 4.69) is 36.5 Å². The summed E-state index contributed by atoms with van der Waals surface area (Å²) in [5, 5.41) is 3.74. The van der Waals surface area contributed by atoms with Crippen molar-refractivity contribution in [1.82, 2.24) is 5.32 Å². The van der Waals surface area contributed by atoms with Crippen molar-refractivity contribution in [3.63, 3.8) is 0 Å². The van der Waals surface area contributed by atoms with Crippen molar-refractivity contribution in [3.05, 3.63) is 29.8 Å². The summed E-state index contributed by atoms with van der Waals surface area (Å²) in [6.07, 6.45) is 10.9. The van der Waals surface area contributed by atoms with Crippen LogP contribution in [0.5, 0.6) is 5.75 Å². The molecule has 2 aliphatic rings. The highest BCUT2D eigenvalue weighted by atomic mass is 16.5. The Hall–Kier alpha value is -1.02. The van der Waals surface area contributed by atoms with Crippen LogP contribution in [0.1, 0.15) is 57.4 Å². The number of benzene rings is 1. The molecule has 0 radical (unpaired) electrons. The second-order valence-electron chi connectivity index (χ2n) is 6.82. The standard InChI is InChI=1S/C19H29NO/c1-2-11-20-17-9-5-3-7-15(12-17)13-18-14-16-8-4-6-10-19(16)21-18/h4,6,8,10,15,17-18,20H,2-3,5,7,9,11-14H2,1H3. The molecule has 1 heterocycles. The first-order chi connectivity index (χ1) is 10.3. The summed E-state index contributed by atoms with van der Waals surface area (Å²) in [5.74, 6) is 1.96. The van der Waals surface area contributed by atoms with Crippen LogP contribution in [0.4, 0.5) is 0 Å². The first-order valence-electron chi connectivity index (χ1n) is 8.83. The number of hydrogen-bond donors (Lipinski definition) is 1. The fraction of sp³-hybridized carbons (Fsp3) is 0.684. The van der Waals surface area contributed by atoms with Crippen molar-refractivity contribution in [2.75, 3.05) is 6.54 Å². The van der Waals surface area contributed by atoms with Gasteiger partial charge in [0.05, 0.1) is 0 Å². The average molecular weight is 287 g/mol. The maximum Gasteiger partial charge on any atom is 0.123 e. The van der Waals surface area contributed by atoms with Gasteiger partial charge in [-0.1, -0.05) is 44.4 Å². The molecule has 0 bridgehead atoms. The van der Waals surface area contributed by atoms with Gasteiger partial charge in [0.15, 0.2) is 0 Å². The van der Waals surface area contributed by atoms with E-state index in [0.717, 1.165) is 24.1 Å². The van der Waals surface area contributed by atoms with Gasteiger partial charge in [-0.25, -0.2) is 0 Å². The quantitative estimate of drug-likeness (QED) is 0.814. The van der Waals surface area contributed by atoms with Crippen molar-refractivity contribution in [2.45, 2.75) is 70.4 Å². The third-order valence-electron chi connectivity index (χ3n) is 5.03. The molecule has 2 heteroatoms. The Bertz CT molecular complexity index is 420. The fourth-order valence-corrected chi connectivity index (χ4v) is 3.97. The summed E-state index contributed by atoms with van der Waals surface area (Å²) in [7, 11) is 0. The van der Waals surface area contributed by atoms with E-state index in [4.69, 9.17) is 4.74 Å². The molecule has 3 atom stereocenters. The molecular formula is C19H29NO. The zero-order chi connectivity index (χ0) is 14.5. The molecule has 3 unspecified atom stereocenters. The highest BCUT2D eigenvalue weighted by Crippen LogP contribution is 2.34. The second kappa shape index (κ2) is 7.31. The Balaban J connectivity index is 1.52. The monoisotopic (exact) mass is 287 g/mol. The number of ether oxygens (including phenoxy) is 1. The Kier molecular flexibility index (Phi) is 5.18. The Labute approximate surface area is 129 Å². The average Bonchev–Trinajstić information content (AvgIpc) is 2.77. The van der Waals surface area contributed by atoms with Gasteiger partial charge in [0.25, 0.3) is 0 Å². The summed E-state index contributed by atoms with van der Waals surface area (Å²) in [6, 6.07) is 9.28. The van der Waals surface area contributed by atoms with E-state index in [1.165, 1.54) is 57.1 Å². The lowest BCUT2D eigenvalue weighted by Crippen LogP contribution is -2.31. The maximum atomic E-state index is 6.15. The van der Waals surface area contributed by atoms with Crippen LogP contribution in [0.15, 0.2) is 24.3 Å². The summed E-state index contributed by atoms with van der Waals surface area (Å²) in [4.78, 5) is 0. The lowest BCUT2D eigenvalue weighted by molar-refractivity contribution is 0.182. The van der Waals surface area contributed by atoms with Crippen molar-refractivity contribution in [1.29, 1.82) is 0 Å². The van der Waals surface area contributed by atoms with Gasteiger partial charge in [0.1, 0.15) is 11.9 Å². The zero-order valence-electron chi connectivity index (χ0n) is 13.3. The first kappa shape index (κ1) is 14.9. The minimum Gasteiger partial charge on any atom is -0.490 e. The Morgan fingerprint density at radius 3 is 2.90 bits per heavy atom. The molecule has 0 spiro atoms. The number of fused-ring (bicyclic) bond motifs is 1. The van der Waals surface area contributed by atoms with E-state index in [-0.39, 0.29) is 0 Å². The molecule has 0 amide bonds. The highest BCUT2D eigenvalue weighted by molar-refractivity contribution is 5.37. The molecule has 2 nitrogen and oxygen atoms in total. The molecule has 21 heavy (non-hydrogen) atoms. The maximum absolute atomic E-state index is 6.15. The molecule has 0 saturated heterocycles. The van der Waals surface area contributed by atoms with Gasteiger partial charge in [0.2, 0.25) is 0 Å². The van der Waals surface area contributed by atoms with E-state index in [1.807, 2.05) is 0 Å². The lowest BCUT2D eigenvalue weighted by Gasteiger charge is -2.23. The third-order valence-corrected chi connectivity index (χ3v) is 5.03. The van der Waals surface area contributed by atoms with Crippen LogP contribution in [0.2, 0.25) is 0 Å². The van der Waals surface area contributed by atoms with Gasteiger partial charge in [-0.3, -0.25) is 0 Å². The Morgan fingerprint density at radius 2 is 2.05 bits per heavy atom. The predicted octanol–water partition coefficient (Wildman–Crippen LogP) is 4.33. The third kappa shape index (κ3) is 4.00. The van der Waals surface area contributed by atoms with Crippen LogP contribution in [0.25, 0.3) is 0 Å². The van der Waals surface area contributed by atoms with Gasteiger partial charge in [-0.2, -0.15) is 0 Å². The topological polar surface area (TPSA) is 21.3 Å². The molecule has 1 fully saturated rings. The number of nitrogens with one attached hydrogen (secondary N) is 1. The van der Waals surface area contributed by atoms with E-state index < -0.39 is 0 Å². The fourth-order valence-electron chi connectivity index (χ4n) is 3.97. The summed E-state index contributed by atoms with van der Waals surface area (Å²) in [5.41, 5.74) is 1.40. The van der Waals surface area contributed by atoms with Crippen LogP contribution in [-0.2, 0) is 6.42 Å². The molecule has 1 aromatic rings. The summed E-state index contributed by atoms with van der Waals surface area (Å²) < 4.78 is 6.15. The van der Waals surface area contributed by atoms with Crippen LogP contribution < -0.4 is 10.1 Å². The first-order valence-corrected chi connectivity index (χ1v) is 8.83.